The SMILES string of the molecule is COc1ccc(CCC2(C3CCCC3)CC(=O)C(Cc3nccn3C)C(=O)O2)cc1Cl. The number of methoxy groups -OCH3 is 1. The zero-order chi connectivity index (χ0) is 22.0. The van der Waals surface area contributed by atoms with Crippen LogP contribution in [0.25, 0.3) is 0 Å². The highest BCUT2D eigenvalue weighted by Crippen LogP contribution is 2.45. The van der Waals surface area contributed by atoms with Gasteiger partial charge in [-0.3, -0.25) is 9.59 Å². The molecule has 2 unspecified atom stereocenters. The van der Waals surface area contributed by atoms with Gasteiger partial charge in [-0.05, 0) is 49.3 Å². The van der Waals surface area contributed by atoms with Crippen molar-refractivity contribution in [1.29, 1.82) is 0 Å². The molecule has 0 amide bonds. The molecule has 2 aromatic rings. The number of ether oxygens (including phenoxy) is 2. The number of aromatic nitrogens is 2. The summed E-state index contributed by atoms with van der Waals surface area (Å²) in [6, 6.07) is 5.71. The summed E-state index contributed by atoms with van der Waals surface area (Å²) < 4.78 is 13.2. The number of cyclic esters (lactones) is 1. The lowest BCUT2D eigenvalue weighted by Gasteiger charge is -2.43. The van der Waals surface area contributed by atoms with Gasteiger partial charge in [0, 0.05) is 32.3 Å². The minimum atomic E-state index is -0.772. The molecule has 2 fully saturated rings. The average Bonchev–Trinajstić information content (AvgIpc) is 3.42. The predicted molar refractivity (Wildman–Crippen MR) is 117 cm³/mol. The van der Waals surface area contributed by atoms with Crippen LogP contribution in [0.1, 0.15) is 49.9 Å². The summed E-state index contributed by atoms with van der Waals surface area (Å²) in [5.41, 5.74) is 0.316. The van der Waals surface area contributed by atoms with Gasteiger partial charge in [-0.1, -0.05) is 30.5 Å². The predicted octanol–water partition coefficient (Wildman–Crippen LogP) is 4.32. The zero-order valence-electron chi connectivity index (χ0n) is 18.1. The molecule has 2 heterocycles. The van der Waals surface area contributed by atoms with Crippen LogP contribution in [0.15, 0.2) is 30.6 Å². The molecule has 0 N–H and O–H groups in total. The molecule has 1 aliphatic carbocycles. The van der Waals surface area contributed by atoms with Crippen LogP contribution in [0, 0.1) is 11.8 Å². The number of carbonyl (C=O) groups is 2. The Bertz CT molecular complexity index is 946. The van der Waals surface area contributed by atoms with E-state index in [1.807, 2.05) is 36.0 Å². The van der Waals surface area contributed by atoms with Crippen LogP contribution in [0.4, 0.5) is 0 Å². The number of benzene rings is 1. The lowest BCUT2D eigenvalue weighted by Crippen LogP contribution is -2.52. The Labute approximate surface area is 187 Å². The summed E-state index contributed by atoms with van der Waals surface area (Å²) in [5, 5.41) is 0.557. The molecule has 6 nitrogen and oxygen atoms in total. The third-order valence-corrected chi connectivity index (χ3v) is 7.21. The number of halogens is 1. The van der Waals surface area contributed by atoms with Crippen molar-refractivity contribution in [1.82, 2.24) is 9.55 Å². The van der Waals surface area contributed by atoms with Crippen molar-refractivity contribution in [3.8, 4) is 5.75 Å². The van der Waals surface area contributed by atoms with Crippen LogP contribution in [-0.4, -0.2) is 34.0 Å². The number of rotatable bonds is 7. The second-order valence-electron chi connectivity index (χ2n) is 8.79. The number of imidazole rings is 1. The molecule has 1 saturated carbocycles. The third-order valence-electron chi connectivity index (χ3n) is 6.91. The third kappa shape index (κ3) is 4.49. The van der Waals surface area contributed by atoms with Crippen LogP contribution in [0.3, 0.4) is 0 Å². The van der Waals surface area contributed by atoms with Gasteiger partial charge in [-0.15, -0.1) is 0 Å². The van der Waals surface area contributed by atoms with Gasteiger partial charge in [0.1, 0.15) is 23.1 Å². The van der Waals surface area contributed by atoms with E-state index in [0.717, 1.165) is 37.1 Å². The molecule has 166 valence electrons. The fraction of sp³-hybridized carbons (Fsp3) is 0.542. The van der Waals surface area contributed by atoms with Crippen molar-refractivity contribution in [2.75, 3.05) is 7.11 Å². The van der Waals surface area contributed by atoms with E-state index in [-0.39, 0.29) is 24.5 Å². The first kappa shape index (κ1) is 21.9. The summed E-state index contributed by atoms with van der Waals surface area (Å²) >= 11 is 6.29. The summed E-state index contributed by atoms with van der Waals surface area (Å²) in [7, 11) is 3.45. The molecular formula is C24H29ClN2O4. The van der Waals surface area contributed by atoms with Crippen LogP contribution < -0.4 is 4.74 Å². The summed E-state index contributed by atoms with van der Waals surface area (Å²) in [6.45, 7) is 0. The number of hydrogen-bond donors (Lipinski definition) is 0. The largest absolute Gasteiger partial charge is 0.495 e. The van der Waals surface area contributed by atoms with Crippen molar-refractivity contribution in [2.45, 2.75) is 57.0 Å². The number of hydrogen-bond acceptors (Lipinski definition) is 5. The first-order chi connectivity index (χ1) is 14.9. The second-order valence-corrected chi connectivity index (χ2v) is 9.20. The topological polar surface area (TPSA) is 70.4 Å². The molecule has 2 atom stereocenters. The van der Waals surface area contributed by atoms with Gasteiger partial charge in [0.05, 0.1) is 12.1 Å². The average molecular weight is 445 g/mol. The molecule has 1 saturated heterocycles. The molecule has 7 heteroatoms. The number of Topliss-reactive ketones (excluding diaryl/α,β-unsaturated/α-hetero) is 1. The maximum absolute atomic E-state index is 13.2. The highest BCUT2D eigenvalue weighted by atomic mass is 35.5. The number of esters is 1. The van der Waals surface area contributed by atoms with E-state index in [1.54, 1.807) is 13.3 Å². The molecule has 1 aromatic heterocycles. The van der Waals surface area contributed by atoms with Crippen LogP contribution in [-0.2, 0) is 34.2 Å². The standard InChI is InChI=1S/C24H29ClN2O4/c1-27-12-11-26-22(27)14-18-20(28)15-24(31-23(18)29,17-5-3-4-6-17)10-9-16-7-8-21(30-2)19(25)13-16/h7-8,11-13,17-18H,3-6,9-10,14-15H2,1-2H3. The van der Waals surface area contributed by atoms with Gasteiger partial charge in [0.15, 0.2) is 5.78 Å². The first-order valence-corrected chi connectivity index (χ1v) is 11.3. The minimum absolute atomic E-state index is 0.0288. The van der Waals surface area contributed by atoms with Crippen molar-refractivity contribution in [3.63, 3.8) is 0 Å². The number of ketones is 1. The molecule has 0 radical (unpaired) electrons. The van der Waals surface area contributed by atoms with E-state index >= 15 is 0 Å². The van der Waals surface area contributed by atoms with Crippen molar-refractivity contribution in [3.05, 3.63) is 47.0 Å². The lowest BCUT2D eigenvalue weighted by atomic mass is 9.73. The highest BCUT2D eigenvalue weighted by molar-refractivity contribution is 6.32. The van der Waals surface area contributed by atoms with Gasteiger partial charge in [0.25, 0.3) is 0 Å². The molecule has 1 aromatic carbocycles. The van der Waals surface area contributed by atoms with Gasteiger partial charge in [-0.2, -0.15) is 0 Å². The molecule has 1 aliphatic heterocycles. The molecular weight excluding hydrogens is 416 g/mol. The number of carbonyl (C=O) groups excluding carboxylic acids is 2. The second kappa shape index (κ2) is 9.03. The quantitative estimate of drug-likeness (QED) is 0.470. The van der Waals surface area contributed by atoms with Gasteiger partial charge >= 0.3 is 5.97 Å². The maximum Gasteiger partial charge on any atom is 0.317 e. The van der Waals surface area contributed by atoms with Crippen molar-refractivity contribution in [2.24, 2.45) is 18.9 Å². The Morgan fingerprint density at radius 1 is 1.29 bits per heavy atom. The number of nitrogens with zero attached hydrogens (tertiary/aromatic N) is 2. The number of aryl methyl sites for hydroxylation is 2. The lowest BCUT2D eigenvalue weighted by molar-refractivity contribution is -0.185. The van der Waals surface area contributed by atoms with E-state index in [0.29, 0.717) is 23.6 Å². The normalized spacial score (nSPS) is 24.4. The Kier molecular flexibility index (Phi) is 6.37. The smallest absolute Gasteiger partial charge is 0.317 e. The Morgan fingerprint density at radius 2 is 2.06 bits per heavy atom. The van der Waals surface area contributed by atoms with E-state index < -0.39 is 17.5 Å². The zero-order valence-corrected chi connectivity index (χ0v) is 18.9. The fourth-order valence-electron chi connectivity index (χ4n) is 5.07. The van der Waals surface area contributed by atoms with Crippen molar-refractivity contribution < 1.29 is 19.1 Å². The summed E-state index contributed by atoms with van der Waals surface area (Å²) in [5.74, 6) is 0.371. The molecule has 31 heavy (non-hydrogen) atoms. The van der Waals surface area contributed by atoms with E-state index in [1.165, 1.54) is 0 Å². The maximum atomic E-state index is 13.2. The van der Waals surface area contributed by atoms with Gasteiger partial charge in [0.2, 0.25) is 0 Å². The van der Waals surface area contributed by atoms with Gasteiger partial charge in [-0.25, -0.2) is 4.98 Å². The van der Waals surface area contributed by atoms with Crippen LogP contribution in [0.2, 0.25) is 5.02 Å². The highest BCUT2D eigenvalue weighted by Gasteiger charge is 2.51. The van der Waals surface area contributed by atoms with E-state index in [2.05, 4.69) is 4.98 Å². The Morgan fingerprint density at radius 3 is 2.68 bits per heavy atom. The Balaban J connectivity index is 1.53. The minimum Gasteiger partial charge on any atom is -0.495 e. The molecule has 4 rings (SSSR count). The summed E-state index contributed by atoms with van der Waals surface area (Å²) in [6.07, 6.45) is 9.58. The first-order valence-electron chi connectivity index (χ1n) is 11.0. The molecule has 0 spiro atoms. The van der Waals surface area contributed by atoms with E-state index in [9.17, 15) is 9.59 Å². The van der Waals surface area contributed by atoms with Crippen molar-refractivity contribution >= 4 is 23.4 Å². The monoisotopic (exact) mass is 444 g/mol. The Hall–Kier alpha value is -2.34. The van der Waals surface area contributed by atoms with E-state index in [4.69, 9.17) is 21.1 Å². The van der Waals surface area contributed by atoms with Crippen LogP contribution in [0.5, 0.6) is 5.75 Å². The molecule has 0 bridgehead atoms. The van der Waals surface area contributed by atoms with Gasteiger partial charge < -0.3 is 14.0 Å². The van der Waals surface area contributed by atoms with Crippen LogP contribution >= 0.6 is 11.6 Å². The summed E-state index contributed by atoms with van der Waals surface area (Å²) in [4.78, 5) is 30.5. The molecule has 2 aliphatic rings. The fourth-order valence-corrected chi connectivity index (χ4v) is 5.35.